The van der Waals surface area contributed by atoms with Crippen molar-refractivity contribution < 1.29 is 5.11 Å². The number of nitrogens with zero attached hydrogens (tertiary/aromatic N) is 5. The summed E-state index contributed by atoms with van der Waals surface area (Å²) >= 11 is 1.43. The van der Waals surface area contributed by atoms with Crippen molar-refractivity contribution in [3.05, 3.63) is 65.3 Å². The average molecular weight is 323 g/mol. The van der Waals surface area contributed by atoms with Gasteiger partial charge < -0.3 is 5.11 Å². The number of rotatable bonds is 3. The lowest BCUT2D eigenvalue weighted by atomic mass is 9.98. The van der Waals surface area contributed by atoms with Crippen molar-refractivity contribution in [3.8, 4) is 11.4 Å². The first kappa shape index (κ1) is 14.0. The van der Waals surface area contributed by atoms with E-state index in [0.29, 0.717) is 5.01 Å². The van der Waals surface area contributed by atoms with E-state index in [2.05, 4.69) is 19.9 Å². The smallest absolute Gasteiger partial charge is 0.140 e. The van der Waals surface area contributed by atoms with Crippen molar-refractivity contribution in [1.29, 1.82) is 0 Å². The SMILES string of the molecule is CC(O)(c1ccc2ncc(-c3ccncn3)n2c1)c1nccs1. The molecule has 1 atom stereocenters. The molecule has 0 amide bonds. The second-order valence-electron chi connectivity index (χ2n) is 5.29. The topological polar surface area (TPSA) is 76.2 Å². The molecule has 0 bridgehead atoms. The Morgan fingerprint density at radius 1 is 1.13 bits per heavy atom. The van der Waals surface area contributed by atoms with Gasteiger partial charge in [-0.25, -0.2) is 19.9 Å². The van der Waals surface area contributed by atoms with Crippen molar-refractivity contribution in [1.82, 2.24) is 24.3 Å². The molecule has 0 saturated carbocycles. The lowest BCUT2D eigenvalue weighted by molar-refractivity contribution is 0.101. The third-order valence-corrected chi connectivity index (χ3v) is 4.74. The highest BCUT2D eigenvalue weighted by molar-refractivity contribution is 7.09. The van der Waals surface area contributed by atoms with E-state index in [1.54, 1.807) is 25.5 Å². The lowest BCUT2D eigenvalue weighted by Crippen LogP contribution is -2.23. The number of fused-ring (bicyclic) bond motifs is 1. The van der Waals surface area contributed by atoms with Gasteiger partial charge in [0.15, 0.2) is 0 Å². The quantitative estimate of drug-likeness (QED) is 0.627. The molecule has 4 heterocycles. The minimum atomic E-state index is -1.16. The Balaban J connectivity index is 1.88. The van der Waals surface area contributed by atoms with E-state index < -0.39 is 5.60 Å². The van der Waals surface area contributed by atoms with E-state index in [4.69, 9.17) is 0 Å². The van der Waals surface area contributed by atoms with Crippen LogP contribution in [0.5, 0.6) is 0 Å². The van der Waals surface area contributed by atoms with Gasteiger partial charge in [-0.05, 0) is 19.1 Å². The molecule has 0 aliphatic carbocycles. The largest absolute Gasteiger partial charge is 0.378 e. The van der Waals surface area contributed by atoms with Crippen LogP contribution in [0.4, 0.5) is 0 Å². The highest BCUT2D eigenvalue weighted by atomic mass is 32.1. The van der Waals surface area contributed by atoms with Crippen LogP contribution in [0.1, 0.15) is 17.5 Å². The molecule has 0 radical (unpaired) electrons. The molecule has 4 aromatic rings. The Bertz CT molecular complexity index is 947. The van der Waals surface area contributed by atoms with E-state index in [1.165, 1.54) is 17.7 Å². The van der Waals surface area contributed by atoms with Gasteiger partial charge in [-0.2, -0.15) is 0 Å². The minimum Gasteiger partial charge on any atom is -0.378 e. The first-order valence-corrected chi connectivity index (χ1v) is 7.90. The minimum absolute atomic E-state index is 0.653. The fourth-order valence-corrected chi connectivity index (χ4v) is 3.21. The first-order valence-electron chi connectivity index (χ1n) is 7.02. The fraction of sp³-hybridized carbons (Fsp3) is 0.125. The Kier molecular flexibility index (Phi) is 3.17. The summed E-state index contributed by atoms with van der Waals surface area (Å²) in [5.74, 6) is 0. The van der Waals surface area contributed by atoms with E-state index in [1.807, 2.05) is 34.2 Å². The molecular weight excluding hydrogens is 310 g/mol. The number of hydrogen-bond donors (Lipinski definition) is 1. The van der Waals surface area contributed by atoms with Crippen molar-refractivity contribution in [2.45, 2.75) is 12.5 Å². The van der Waals surface area contributed by atoms with Crippen molar-refractivity contribution in [2.75, 3.05) is 0 Å². The van der Waals surface area contributed by atoms with Crippen LogP contribution in [0.25, 0.3) is 17.0 Å². The van der Waals surface area contributed by atoms with Crippen LogP contribution in [0.3, 0.4) is 0 Å². The molecule has 0 fully saturated rings. The van der Waals surface area contributed by atoms with Crippen LogP contribution in [0.15, 0.2) is 54.7 Å². The Morgan fingerprint density at radius 3 is 2.78 bits per heavy atom. The number of thiazole rings is 1. The second kappa shape index (κ2) is 5.22. The summed E-state index contributed by atoms with van der Waals surface area (Å²) < 4.78 is 1.92. The van der Waals surface area contributed by atoms with Gasteiger partial charge in [0.25, 0.3) is 0 Å². The average Bonchev–Trinajstić information content (AvgIpc) is 3.25. The third kappa shape index (κ3) is 2.30. The van der Waals surface area contributed by atoms with E-state index in [-0.39, 0.29) is 0 Å². The van der Waals surface area contributed by atoms with Crippen molar-refractivity contribution >= 4 is 17.0 Å². The molecule has 4 aromatic heterocycles. The number of imidazole rings is 1. The van der Waals surface area contributed by atoms with Crippen LogP contribution in [0.2, 0.25) is 0 Å². The highest BCUT2D eigenvalue weighted by Gasteiger charge is 2.29. The normalized spacial score (nSPS) is 14.0. The molecule has 0 aliphatic heterocycles. The Labute approximate surface area is 136 Å². The van der Waals surface area contributed by atoms with Gasteiger partial charge in [-0.1, -0.05) is 6.07 Å². The van der Waals surface area contributed by atoms with Crippen LogP contribution in [-0.4, -0.2) is 29.4 Å². The highest BCUT2D eigenvalue weighted by Crippen LogP contribution is 2.31. The van der Waals surface area contributed by atoms with E-state index in [9.17, 15) is 5.11 Å². The first-order chi connectivity index (χ1) is 11.2. The summed E-state index contributed by atoms with van der Waals surface area (Å²) in [4.78, 5) is 16.8. The lowest BCUT2D eigenvalue weighted by Gasteiger charge is -2.21. The van der Waals surface area contributed by atoms with Gasteiger partial charge >= 0.3 is 0 Å². The van der Waals surface area contributed by atoms with Crippen molar-refractivity contribution in [2.24, 2.45) is 0 Å². The standard InChI is InChI=1S/C16H13N5OS/c1-16(22,15-18-6-7-23-15)11-2-3-14-19-8-13(21(14)9-11)12-4-5-17-10-20-12/h2-10,22H,1H3. The summed E-state index contributed by atoms with van der Waals surface area (Å²) in [6.45, 7) is 1.74. The van der Waals surface area contributed by atoms with Gasteiger partial charge in [0, 0.05) is 29.5 Å². The van der Waals surface area contributed by atoms with Crippen LogP contribution < -0.4 is 0 Å². The number of aromatic nitrogens is 5. The van der Waals surface area contributed by atoms with E-state index >= 15 is 0 Å². The molecule has 6 nitrogen and oxygen atoms in total. The van der Waals surface area contributed by atoms with Gasteiger partial charge in [-0.3, -0.25) is 4.40 Å². The molecule has 0 spiro atoms. The summed E-state index contributed by atoms with van der Waals surface area (Å²) in [5.41, 5.74) is 2.00. The second-order valence-corrected chi connectivity index (χ2v) is 6.19. The zero-order valence-electron chi connectivity index (χ0n) is 12.3. The Morgan fingerprint density at radius 2 is 2.04 bits per heavy atom. The Hall–Kier alpha value is -2.64. The molecule has 114 valence electrons. The van der Waals surface area contributed by atoms with Gasteiger partial charge in [0.05, 0.1) is 17.6 Å². The molecule has 1 N–H and O–H groups in total. The van der Waals surface area contributed by atoms with Crippen LogP contribution in [-0.2, 0) is 5.60 Å². The van der Waals surface area contributed by atoms with Crippen LogP contribution in [0, 0.1) is 0 Å². The predicted octanol–water partition coefficient (Wildman–Crippen LogP) is 2.50. The van der Waals surface area contributed by atoms with Gasteiger partial charge in [-0.15, -0.1) is 11.3 Å². The maximum Gasteiger partial charge on any atom is 0.140 e. The zero-order valence-corrected chi connectivity index (χ0v) is 13.1. The third-order valence-electron chi connectivity index (χ3n) is 3.76. The van der Waals surface area contributed by atoms with Gasteiger partial charge in [0.1, 0.15) is 22.6 Å². The van der Waals surface area contributed by atoms with Gasteiger partial charge in [0.2, 0.25) is 0 Å². The number of pyridine rings is 1. The molecular formula is C16H13N5OS. The summed E-state index contributed by atoms with van der Waals surface area (Å²) in [7, 11) is 0. The van der Waals surface area contributed by atoms with Crippen LogP contribution >= 0.6 is 11.3 Å². The van der Waals surface area contributed by atoms with E-state index in [0.717, 1.165) is 22.6 Å². The fourth-order valence-electron chi connectivity index (χ4n) is 2.49. The molecule has 0 saturated heterocycles. The summed E-state index contributed by atoms with van der Waals surface area (Å²) in [6.07, 6.45) is 8.53. The molecule has 7 heteroatoms. The monoisotopic (exact) mass is 323 g/mol. The molecule has 4 rings (SSSR count). The number of aliphatic hydroxyl groups is 1. The summed E-state index contributed by atoms with van der Waals surface area (Å²) in [5, 5.41) is 13.4. The van der Waals surface area contributed by atoms with Crippen molar-refractivity contribution in [3.63, 3.8) is 0 Å². The molecule has 1 unspecified atom stereocenters. The molecule has 0 aromatic carbocycles. The molecule has 0 aliphatic rings. The summed E-state index contributed by atoms with van der Waals surface area (Å²) in [6, 6.07) is 5.57. The number of hydrogen-bond acceptors (Lipinski definition) is 6. The maximum absolute atomic E-state index is 10.9. The zero-order chi connectivity index (χ0) is 15.9. The molecule has 23 heavy (non-hydrogen) atoms. The predicted molar refractivity (Wildman–Crippen MR) is 87.0 cm³/mol. The maximum atomic E-state index is 10.9.